The van der Waals surface area contributed by atoms with Crippen LogP contribution in [-0.4, -0.2) is 49.2 Å². The summed E-state index contributed by atoms with van der Waals surface area (Å²) >= 11 is 1.73. The minimum absolute atomic E-state index is 0. The van der Waals surface area contributed by atoms with Gasteiger partial charge in [-0.2, -0.15) is 0 Å². The molecule has 0 aliphatic carbocycles. The lowest BCUT2D eigenvalue weighted by Gasteiger charge is -2.26. The molecule has 3 rings (SSSR count). The predicted molar refractivity (Wildman–Crippen MR) is 127 cm³/mol. The molecular formula is C20H30IN5OS. The molecule has 0 bridgehead atoms. The van der Waals surface area contributed by atoms with Crippen LogP contribution in [0.1, 0.15) is 26.7 Å². The third-order valence-electron chi connectivity index (χ3n) is 4.60. The summed E-state index contributed by atoms with van der Waals surface area (Å²) in [6.45, 7) is 10.3. The molecule has 0 radical (unpaired) electrons. The van der Waals surface area contributed by atoms with Crippen molar-refractivity contribution in [1.82, 2.24) is 20.5 Å². The van der Waals surface area contributed by atoms with Crippen LogP contribution in [0.3, 0.4) is 0 Å². The van der Waals surface area contributed by atoms with Crippen LogP contribution in [0.4, 0.5) is 0 Å². The van der Waals surface area contributed by atoms with Crippen molar-refractivity contribution in [2.75, 3.05) is 33.4 Å². The first kappa shape index (κ1) is 23.1. The number of benzene rings is 1. The molecule has 1 fully saturated rings. The van der Waals surface area contributed by atoms with E-state index in [0.717, 1.165) is 62.6 Å². The summed E-state index contributed by atoms with van der Waals surface area (Å²) in [7, 11) is 1.80. The van der Waals surface area contributed by atoms with Gasteiger partial charge in [0.05, 0.1) is 30.5 Å². The molecule has 1 aliphatic heterocycles. The summed E-state index contributed by atoms with van der Waals surface area (Å²) < 4.78 is 5.43. The van der Waals surface area contributed by atoms with Gasteiger partial charge in [0, 0.05) is 38.1 Å². The molecule has 28 heavy (non-hydrogen) atoms. The van der Waals surface area contributed by atoms with Gasteiger partial charge in [0.2, 0.25) is 0 Å². The van der Waals surface area contributed by atoms with E-state index >= 15 is 0 Å². The lowest BCUT2D eigenvalue weighted by molar-refractivity contribution is 0.0342. The fourth-order valence-electron chi connectivity index (χ4n) is 3.16. The van der Waals surface area contributed by atoms with Crippen LogP contribution in [0.2, 0.25) is 0 Å². The van der Waals surface area contributed by atoms with Crippen LogP contribution in [0, 0.1) is 13.8 Å². The number of guanidine groups is 1. The Morgan fingerprint density at radius 1 is 1.18 bits per heavy atom. The van der Waals surface area contributed by atoms with Crippen LogP contribution < -0.4 is 10.6 Å². The first-order chi connectivity index (χ1) is 13.1. The molecule has 0 amide bonds. The fraction of sp³-hybridized carbons (Fsp3) is 0.500. The Morgan fingerprint density at radius 2 is 1.89 bits per heavy atom. The smallest absolute Gasteiger partial charge is 0.191 e. The molecule has 154 valence electrons. The number of thiazole rings is 1. The third kappa shape index (κ3) is 6.98. The van der Waals surface area contributed by atoms with Crippen LogP contribution in [-0.2, 0) is 24.4 Å². The van der Waals surface area contributed by atoms with Gasteiger partial charge in [-0.15, -0.1) is 35.3 Å². The molecule has 2 heterocycles. The zero-order valence-electron chi connectivity index (χ0n) is 16.8. The zero-order chi connectivity index (χ0) is 19.1. The Morgan fingerprint density at radius 3 is 2.57 bits per heavy atom. The van der Waals surface area contributed by atoms with Gasteiger partial charge in [-0.1, -0.05) is 24.3 Å². The second-order valence-corrected chi connectivity index (χ2v) is 8.02. The highest BCUT2D eigenvalue weighted by Crippen LogP contribution is 2.16. The summed E-state index contributed by atoms with van der Waals surface area (Å²) in [4.78, 5) is 12.5. The van der Waals surface area contributed by atoms with E-state index < -0.39 is 0 Å². The van der Waals surface area contributed by atoms with E-state index in [-0.39, 0.29) is 24.0 Å². The number of ether oxygens (including phenoxy) is 1. The van der Waals surface area contributed by atoms with Gasteiger partial charge in [-0.25, -0.2) is 4.98 Å². The van der Waals surface area contributed by atoms with Gasteiger partial charge in [0.25, 0.3) is 0 Å². The van der Waals surface area contributed by atoms with Gasteiger partial charge >= 0.3 is 0 Å². The fourth-order valence-corrected chi connectivity index (χ4v) is 4.04. The maximum Gasteiger partial charge on any atom is 0.191 e. The van der Waals surface area contributed by atoms with Gasteiger partial charge in [-0.05, 0) is 25.0 Å². The van der Waals surface area contributed by atoms with Crippen molar-refractivity contribution in [3.05, 3.63) is 51.0 Å². The molecule has 0 spiro atoms. The van der Waals surface area contributed by atoms with Crippen molar-refractivity contribution < 1.29 is 4.74 Å². The van der Waals surface area contributed by atoms with Crippen LogP contribution in [0.5, 0.6) is 0 Å². The third-order valence-corrected chi connectivity index (χ3v) is 5.67. The Balaban J connectivity index is 0.00000280. The molecular weight excluding hydrogens is 485 g/mol. The highest BCUT2D eigenvalue weighted by Gasteiger charge is 2.11. The quantitative estimate of drug-likeness (QED) is 0.352. The first-order valence-electron chi connectivity index (χ1n) is 9.39. The van der Waals surface area contributed by atoms with E-state index in [4.69, 9.17) is 4.74 Å². The number of hydrogen-bond donors (Lipinski definition) is 2. The number of rotatable bonds is 6. The minimum atomic E-state index is 0. The molecule has 8 heteroatoms. The number of aromatic nitrogens is 1. The Kier molecular flexibility index (Phi) is 9.63. The summed E-state index contributed by atoms with van der Waals surface area (Å²) in [5.41, 5.74) is 3.69. The average molecular weight is 515 g/mol. The Bertz CT molecular complexity index is 774. The summed E-state index contributed by atoms with van der Waals surface area (Å²) in [5.74, 6) is 0.805. The van der Waals surface area contributed by atoms with Crippen molar-refractivity contribution >= 4 is 41.3 Å². The molecule has 6 nitrogen and oxygen atoms in total. The number of halogens is 1. The highest BCUT2D eigenvalue weighted by atomic mass is 127. The van der Waals surface area contributed by atoms with Crippen LogP contribution >= 0.6 is 35.3 Å². The SMILES string of the molecule is CN=C(NCc1cccc(CN2CCOCC2)c1)NCc1sc(C)nc1C.I. The predicted octanol–water partition coefficient (Wildman–Crippen LogP) is 3.08. The van der Waals surface area contributed by atoms with E-state index in [9.17, 15) is 0 Å². The van der Waals surface area contributed by atoms with E-state index in [1.165, 1.54) is 16.0 Å². The maximum atomic E-state index is 5.43. The number of aryl methyl sites for hydroxylation is 2. The number of morpholine rings is 1. The summed E-state index contributed by atoms with van der Waals surface area (Å²) in [6.07, 6.45) is 0. The van der Waals surface area contributed by atoms with Crippen molar-refractivity contribution in [2.45, 2.75) is 33.5 Å². The minimum Gasteiger partial charge on any atom is -0.379 e. The number of nitrogens with one attached hydrogen (secondary N) is 2. The number of aliphatic imine (C=N–C) groups is 1. The zero-order valence-corrected chi connectivity index (χ0v) is 20.0. The lowest BCUT2D eigenvalue weighted by Crippen LogP contribution is -2.36. The normalized spacial score (nSPS) is 15.2. The monoisotopic (exact) mass is 515 g/mol. The molecule has 0 unspecified atom stereocenters. The van der Waals surface area contributed by atoms with Crippen LogP contribution in [0.15, 0.2) is 29.3 Å². The van der Waals surface area contributed by atoms with Crippen molar-refractivity contribution in [3.8, 4) is 0 Å². The highest BCUT2D eigenvalue weighted by molar-refractivity contribution is 14.0. The van der Waals surface area contributed by atoms with Crippen molar-refractivity contribution in [2.24, 2.45) is 4.99 Å². The second-order valence-electron chi connectivity index (χ2n) is 6.73. The molecule has 0 saturated carbocycles. The second kappa shape index (κ2) is 11.7. The van der Waals surface area contributed by atoms with Gasteiger partial charge in [0.15, 0.2) is 5.96 Å². The number of nitrogens with zero attached hydrogens (tertiary/aromatic N) is 3. The molecule has 2 N–H and O–H groups in total. The average Bonchev–Trinajstić information content (AvgIpc) is 3.00. The Labute approximate surface area is 188 Å². The first-order valence-corrected chi connectivity index (χ1v) is 10.2. The van der Waals surface area contributed by atoms with E-state index in [2.05, 4.69) is 56.7 Å². The molecule has 1 aromatic heterocycles. The number of hydrogen-bond acceptors (Lipinski definition) is 5. The van der Waals surface area contributed by atoms with Crippen molar-refractivity contribution in [3.63, 3.8) is 0 Å². The lowest BCUT2D eigenvalue weighted by atomic mass is 10.1. The molecule has 1 saturated heterocycles. The summed E-state index contributed by atoms with van der Waals surface area (Å²) in [5, 5.41) is 7.88. The van der Waals surface area contributed by atoms with Gasteiger partial charge in [-0.3, -0.25) is 9.89 Å². The van der Waals surface area contributed by atoms with Crippen molar-refractivity contribution in [1.29, 1.82) is 0 Å². The summed E-state index contributed by atoms with van der Waals surface area (Å²) in [6, 6.07) is 8.75. The Hall–Kier alpha value is -1.23. The van der Waals surface area contributed by atoms with Gasteiger partial charge < -0.3 is 15.4 Å². The largest absolute Gasteiger partial charge is 0.379 e. The van der Waals surface area contributed by atoms with Crippen LogP contribution in [0.25, 0.3) is 0 Å². The molecule has 1 aromatic carbocycles. The molecule has 0 atom stereocenters. The molecule has 2 aromatic rings. The van der Waals surface area contributed by atoms with E-state index in [1.54, 1.807) is 18.4 Å². The van der Waals surface area contributed by atoms with E-state index in [1.807, 2.05) is 6.92 Å². The van der Waals surface area contributed by atoms with E-state index in [0.29, 0.717) is 0 Å². The standard InChI is InChI=1S/C20H29N5OS.HI/c1-15-19(27-16(2)24-15)13-23-20(21-3)22-12-17-5-4-6-18(11-17)14-25-7-9-26-10-8-25;/h4-6,11H,7-10,12-14H2,1-3H3,(H2,21,22,23);1H. The van der Waals surface area contributed by atoms with Gasteiger partial charge in [0.1, 0.15) is 0 Å². The maximum absolute atomic E-state index is 5.43. The molecule has 1 aliphatic rings. The topological polar surface area (TPSA) is 61.8 Å².